The first kappa shape index (κ1) is 12.7. The SMILES string of the molecule is C[C@@H](CCc1ccco1)n1ccnc1-c1ccncc1. The first-order valence-corrected chi connectivity index (χ1v) is 6.80. The molecular formula is C16H17N3O. The first-order chi connectivity index (χ1) is 9.84. The van der Waals surface area contributed by atoms with Gasteiger partial charge in [-0.3, -0.25) is 4.98 Å². The normalized spacial score (nSPS) is 12.4. The number of aryl methyl sites for hydroxylation is 1. The lowest BCUT2D eigenvalue weighted by atomic mass is 10.1. The fourth-order valence-electron chi connectivity index (χ4n) is 2.34. The van der Waals surface area contributed by atoms with Crippen LogP contribution in [0.5, 0.6) is 0 Å². The molecule has 3 rings (SSSR count). The van der Waals surface area contributed by atoms with E-state index in [9.17, 15) is 0 Å². The summed E-state index contributed by atoms with van der Waals surface area (Å²) in [6.45, 7) is 2.20. The van der Waals surface area contributed by atoms with Gasteiger partial charge in [0.2, 0.25) is 0 Å². The molecule has 0 bridgehead atoms. The number of furan rings is 1. The molecule has 0 spiro atoms. The molecule has 1 atom stereocenters. The van der Waals surface area contributed by atoms with E-state index in [-0.39, 0.29) is 0 Å². The quantitative estimate of drug-likeness (QED) is 0.707. The molecule has 3 heterocycles. The molecule has 0 N–H and O–H groups in total. The number of hydrogen-bond donors (Lipinski definition) is 0. The Balaban J connectivity index is 1.75. The zero-order valence-corrected chi connectivity index (χ0v) is 11.4. The van der Waals surface area contributed by atoms with E-state index in [2.05, 4.69) is 21.5 Å². The van der Waals surface area contributed by atoms with Gasteiger partial charge in [0.15, 0.2) is 0 Å². The molecule has 0 aliphatic rings. The summed E-state index contributed by atoms with van der Waals surface area (Å²) >= 11 is 0. The van der Waals surface area contributed by atoms with Crippen LogP contribution in [0.4, 0.5) is 0 Å². The van der Waals surface area contributed by atoms with Gasteiger partial charge in [0.05, 0.1) is 6.26 Å². The molecule has 4 heteroatoms. The van der Waals surface area contributed by atoms with Gasteiger partial charge in [-0.1, -0.05) is 0 Å². The Morgan fingerprint density at radius 2 is 2.05 bits per heavy atom. The van der Waals surface area contributed by atoms with Gasteiger partial charge in [0.1, 0.15) is 11.6 Å². The molecule has 20 heavy (non-hydrogen) atoms. The maximum absolute atomic E-state index is 5.38. The van der Waals surface area contributed by atoms with Gasteiger partial charge in [-0.2, -0.15) is 0 Å². The van der Waals surface area contributed by atoms with Crippen LogP contribution in [0, 0.1) is 0 Å². The highest BCUT2D eigenvalue weighted by Gasteiger charge is 2.12. The van der Waals surface area contributed by atoms with Crippen LogP contribution in [-0.4, -0.2) is 14.5 Å². The Kier molecular flexibility index (Phi) is 3.63. The number of pyridine rings is 1. The molecule has 3 aromatic heterocycles. The Morgan fingerprint density at radius 3 is 2.80 bits per heavy atom. The van der Waals surface area contributed by atoms with Crippen molar-refractivity contribution < 1.29 is 4.42 Å². The van der Waals surface area contributed by atoms with Gasteiger partial charge >= 0.3 is 0 Å². The summed E-state index contributed by atoms with van der Waals surface area (Å²) in [5.74, 6) is 2.02. The third kappa shape index (κ3) is 2.64. The van der Waals surface area contributed by atoms with Gasteiger partial charge in [-0.15, -0.1) is 0 Å². The van der Waals surface area contributed by atoms with E-state index in [0.717, 1.165) is 30.0 Å². The Hall–Kier alpha value is -2.36. The van der Waals surface area contributed by atoms with Crippen molar-refractivity contribution >= 4 is 0 Å². The second-order valence-corrected chi connectivity index (χ2v) is 4.86. The third-order valence-electron chi connectivity index (χ3n) is 3.47. The van der Waals surface area contributed by atoms with E-state index < -0.39 is 0 Å². The van der Waals surface area contributed by atoms with E-state index >= 15 is 0 Å². The predicted molar refractivity (Wildman–Crippen MR) is 77.2 cm³/mol. The van der Waals surface area contributed by atoms with Gasteiger partial charge in [-0.25, -0.2) is 4.98 Å². The average molecular weight is 267 g/mol. The highest BCUT2D eigenvalue weighted by molar-refractivity contribution is 5.54. The maximum Gasteiger partial charge on any atom is 0.140 e. The molecule has 3 aromatic rings. The fourth-order valence-corrected chi connectivity index (χ4v) is 2.34. The summed E-state index contributed by atoms with van der Waals surface area (Å²) in [7, 11) is 0. The van der Waals surface area contributed by atoms with Crippen LogP contribution in [0.25, 0.3) is 11.4 Å². The number of nitrogens with zero attached hydrogens (tertiary/aromatic N) is 3. The van der Waals surface area contributed by atoms with Gasteiger partial charge in [0, 0.05) is 42.8 Å². The van der Waals surface area contributed by atoms with Crippen LogP contribution in [0.3, 0.4) is 0 Å². The summed E-state index contributed by atoms with van der Waals surface area (Å²) < 4.78 is 7.59. The van der Waals surface area contributed by atoms with E-state index in [1.54, 1.807) is 18.7 Å². The Bertz CT molecular complexity index is 643. The fraction of sp³-hybridized carbons (Fsp3) is 0.250. The van der Waals surface area contributed by atoms with Crippen molar-refractivity contribution in [3.63, 3.8) is 0 Å². The van der Waals surface area contributed by atoms with Crippen molar-refractivity contribution in [2.45, 2.75) is 25.8 Å². The van der Waals surface area contributed by atoms with Crippen LogP contribution >= 0.6 is 0 Å². The summed E-state index contributed by atoms with van der Waals surface area (Å²) in [6, 6.07) is 8.28. The Labute approximate surface area is 118 Å². The average Bonchev–Trinajstić information content (AvgIpc) is 3.17. The molecule has 4 nitrogen and oxygen atoms in total. The molecule has 0 fully saturated rings. The van der Waals surface area contributed by atoms with E-state index in [4.69, 9.17) is 4.42 Å². The van der Waals surface area contributed by atoms with Crippen molar-refractivity contribution in [2.75, 3.05) is 0 Å². The number of imidazole rings is 1. The highest BCUT2D eigenvalue weighted by atomic mass is 16.3. The van der Waals surface area contributed by atoms with Crippen LogP contribution in [0.2, 0.25) is 0 Å². The van der Waals surface area contributed by atoms with Crippen molar-refractivity contribution in [2.24, 2.45) is 0 Å². The minimum atomic E-state index is 0.366. The number of rotatable bonds is 5. The van der Waals surface area contributed by atoms with Gasteiger partial charge in [0.25, 0.3) is 0 Å². The molecular weight excluding hydrogens is 250 g/mol. The molecule has 0 amide bonds. The van der Waals surface area contributed by atoms with E-state index in [1.165, 1.54) is 0 Å². The third-order valence-corrected chi connectivity index (χ3v) is 3.47. The largest absolute Gasteiger partial charge is 0.469 e. The molecule has 0 radical (unpaired) electrons. The standard InChI is InChI=1S/C16H17N3O/c1-13(4-5-15-3-2-12-20-15)19-11-10-18-16(19)14-6-8-17-9-7-14/h2-3,6-13H,4-5H2,1H3/t13-/m0/s1. The summed E-state index contributed by atoms with van der Waals surface area (Å²) in [6.07, 6.45) is 11.1. The zero-order chi connectivity index (χ0) is 13.8. The first-order valence-electron chi connectivity index (χ1n) is 6.80. The number of hydrogen-bond acceptors (Lipinski definition) is 3. The molecule has 0 aromatic carbocycles. The zero-order valence-electron chi connectivity index (χ0n) is 11.4. The van der Waals surface area contributed by atoms with E-state index in [1.807, 2.05) is 36.7 Å². The molecule has 0 saturated heterocycles. The molecule has 0 saturated carbocycles. The van der Waals surface area contributed by atoms with Gasteiger partial charge < -0.3 is 8.98 Å². The smallest absolute Gasteiger partial charge is 0.140 e. The monoisotopic (exact) mass is 267 g/mol. The Morgan fingerprint density at radius 1 is 1.20 bits per heavy atom. The van der Waals surface area contributed by atoms with Gasteiger partial charge in [-0.05, 0) is 37.6 Å². The van der Waals surface area contributed by atoms with Crippen LogP contribution < -0.4 is 0 Å². The minimum Gasteiger partial charge on any atom is -0.469 e. The van der Waals surface area contributed by atoms with Crippen molar-refractivity contribution in [3.05, 3.63) is 61.1 Å². The van der Waals surface area contributed by atoms with Crippen LogP contribution in [0.15, 0.2) is 59.7 Å². The summed E-state index contributed by atoms with van der Waals surface area (Å²) in [5, 5.41) is 0. The molecule has 102 valence electrons. The molecule has 0 aliphatic carbocycles. The topological polar surface area (TPSA) is 43.9 Å². The lowest BCUT2D eigenvalue weighted by molar-refractivity contribution is 0.454. The predicted octanol–water partition coefficient (Wildman–Crippen LogP) is 3.73. The van der Waals surface area contributed by atoms with Crippen molar-refractivity contribution in [3.8, 4) is 11.4 Å². The molecule has 0 unspecified atom stereocenters. The molecule has 0 aliphatic heterocycles. The lowest BCUT2D eigenvalue weighted by Crippen LogP contribution is -2.07. The second-order valence-electron chi connectivity index (χ2n) is 4.86. The van der Waals surface area contributed by atoms with Crippen molar-refractivity contribution in [1.29, 1.82) is 0 Å². The minimum absolute atomic E-state index is 0.366. The summed E-state index contributed by atoms with van der Waals surface area (Å²) in [4.78, 5) is 8.51. The van der Waals surface area contributed by atoms with E-state index in [0.29, 0.717) is 6.04 Å². The van der Waals surface area contributed by atoms with Crippen LogP contribution in [-0.2, 0) is 6.42 Å². The highest BCUT2D eigenvalue weighted by Crippen LogP contribution is 2.23. The maximum atomic E-state index is 5.38. The number of aromatic nitrogens is 3. The van der Waals surface area contributed by atoms with Crippen LogP contribution in [0.1, 0.15) is 25.1 Å². The van der Waals surface area contributed by atoms with Crippen molar-refractivity contribution in [1.82, 2.24) is 14.5 Å². The second kappa shape index (κ2) is 5.74. The summed E-state index contributed by atoms with van der Waals surface area (Å²) in [5.41, 5.74) is 1.09. The lowest BCUT2D eigenvalue weighted by Gasteiger charge is -2.15.